The van der Waals surface area contributed by atoms with Gasteiger partial charge in [0.25, 0.3) is 11.8 Å². The molecule has 344 valence electrons. The largest absolute Gasteiger partial charge is 0.480 e. The minimum Gasteiger partial charge on any atom is -0.480 e. The number of hydrogen-bond acceptors (Lipinski definition) is 16. The summed E-state index contributed by atoms with van der Waals surface area (Å²) in [5.74, 6) is -5.95. The second kappa shape index (κ2) is 25.1. The van der Waals surface area contributed by atoms with Crippen LogP contribution in [0.3, 0.4) is 0 Å². The second-order valence-electron chi connectivity index (χ2n) is 15.1. The van der Waals surface area contributed by atoms with Crippen molar-refractivity contribution in [2.24, 2.45) is 26.4 Å². The number of amides is 6. The topological polar surface area (TPSA) is 362 Å². The molecule has 1 saturated heterocycles. The summed E-state index contributed by atoms with van der Waals surface area (Å²) in [5.41, 5.74) is 12.4. The third kappa shape index (κ3) is 15.9. The van der Waals surface area contributed by atoms with Crippen LogP contribution in [0.15, 0.2) is 39.2 Å². The summed E-state index contributed by atoms with van der Waals surface area (Å²) < 4.78 is 0. The highest BCUT2D eigenvalue weighted by molar-refractivity contribution is 7.80. The number of benzene rings is 1. The third-order valence-electron chi connectivity index (χ3n) is 10.3. The molecule has 1 aromatic rings. The average Bonchev–Trinajstić information content (AvgIpc) is 3.81. The third-order valence-corrected chi connectivity index (χ3v) is 10.6. The van der Waals surface area contributed by atoms with Crippen LogP contribution < -0.4 is 54.0 Å². The number of nitrogens with two attached hydrogens (primary N) is 2. The highest BCUT2D eigenvalue weighted by Crippen LogP contribution is 2.15. The SMILES string of the molecule is NCCCC[C@H](NC(=O)[C@@H]1CCCN1)C(=O)N[C@@H](CS)C(=O)NCCCC[C@H](NC(=O)CC[C@H](NC(=O)c1ccc(NCC2=NC3C(=O)NC(N)=NC3N=C2)cc1)C(=O)O)C(=O)O. The van der Waals surface area contributed by atoms with Crippen molar-refractivity contribution in [2.45, 2.75) is 107 Å². The van der Waals surface area contributed by atoms with Crippen LogP contribution in [0.5, 0.6) is 0 Å². The summed E-state index contributed by atoms with van der Waals surface area (Å²) in [7, 11) is 0. The normalized spacial score (nSPS) is 19.7. The number of carboxylic acids is 2. The molecule has 24 heteroatoms. The van der Waals surface area contributed by atoms with Crippen molar-refractivity contribution in [3.63, 3.8) is 0 Å². The van der Waals surface area contributed by atoms with Gasteiger partial charge in [0.2, 0.25) is 23.6 Å². The van der Waals surface area contributed by atoms with Crippen molar-refractivity contribution in [3.05, 3.63) is 29.8 Å². The van der Waals surface area contributed by atoms with E-state index in [2.05, 4.69) is 70.1 Å². The maximum atomic E-state index is 13.1. The van der Waals surface area contributed by atoms with Crippen molar-refractivity contribution in [1.29, 1.82) is 0 Å². The number of aliphatic imine (C=N–C) groups is 3. The molecule has 0 bridgehead atoms. The predicted molar refractivity (Wildman–Crippen MR) is 234 cm³/mol. The number of unbranched alkanes of at least 4 members (excludes halogenated alkanes) is 2. The number of nitrogens with zero attached hydrogens (tertiary/aromatic N) is 3. The molecule has 6 amide bonds. The van der Waals surface area contributed by atoms with Crippen LogP contribution >= 0.6 is 12.6 Å². The van der Waals surface area contributed by atoms with Gasteiger partial charge >= 0.3 is 11.9 Å². The average molecular weight is 900 g/mol. The number of rotatable bonds is 26. The standard InChI is InChI=1S/C39H57N13O10S/c40-15-3-1-6-25(48-34(56)24-8-5-17-42-24)35(57)50-28(20-63)33(55)43-16-4-2-7-26(37(59)60)47-29(53)14-13-27(38(61)62)49-32(54)21-9-11-22(12-10-21)44-18-23-19-45-31-30(46-23)36(58)52-39(41)51-31/h9-12,19,24-28,30-31,42,44,63H,1-8,13-18,20,40H2,(H,43,55)(H,47,53)(H,48,56)(H,49,54)(H,50,57)(H,59,60)(H,61,62)(H3,41,51,52,58)/t24-,25-,26-,27-,28-,30?,31?/m0/s1. The van der Waals surface area contributed by atoms with E-state index in [-0.39, 0.29) is 61.6 Å². The molecular weight excluding hydrogens is 843 g/mol. The molecule has 3 aliphatic heterocycles. The highest BCUT2D eigenvalue weighted by Gasteiger charge is 2.34. The fourth-order valence-corrected chi connectivity index (χ4v) is 6.99. The van der Waals surface area contributed by atoms with Crippen molar-refractivity contribution in [3.8, 4) is 0 Å². The van der Waals surface area contributed by atoms with Gasteiger partial charge in [-0.1, -0.05) is 0 Å². The first-order valence-electron chi connectivity index (χ1n) is 20.8. The van der Waals surface area contributed by atoms with Crippen molar-refractivity contribution >= 4 is 83.6 Å². The molecule has 23 nitrogen and oxygen atoms in total. The van der Waals surface area contributed by atoms with Crippen molar-refractivity contribution < 1.29 is 48.6 Å². The van der Waals surface area contributed by atoms with Crippen molar-refractivity contribution in [2.75, 3.05) is 37.2 Å². The number of carbonyl (C=O) groups excluding carboxylic acids is 6. The first-order chi connectivity index (χ1) is 30.2. The first kappa shape index (κ1) is 49.5. The molecule has 3 heterocycles. The van der Waals surface area contributed by atoms with E-state index < -0.39 is 84.3 Å². The molecule has 0 saturated carbocycles. The van der Waals surface area contributed by atoms with Gasteiger partial charge in [-0.2, -0.15) is 12.6 Å². The zero-order valence-electron chi connectivity index (χ0n) is 34.6. The summed E-state index contributed by atoms with van der Waals surface area (Å²) in [6.07, 6.45) is 3.73. The fourth-order valence-electron chi connectivity index (χ4n) is 6.73. The van der Waals surface area contributed by atoms with Crippen LogP contribution in [0.4, 0.5) is 5.69 Å². The maximum Gasteiger partial charge on any atom is 0.326 e. The molecule has 3 aliphatic rings. The van der Waals surface area contributed by atoms with Crippen LogP contribution in [0.1, 0.15) is 74.6 Å². The number of fused-ring (bicyclic) bond motifs is 1. The lowest BCUT2D eigenvalue weighted by Gasteiger charge is -2.25. The molecule has 0 aromatic heterocycles. The van der Waals surface area contributed by atoms with Crippen molar-refractivity contribution in [1.82, 2.24) is 37.2 Å². The second-order valence-corrected chi connectivity index (χ2v) is 15.4. The number of aliphatic carboxylic acids is 2. The van der Waals surface area contributed by atoms with Crippen LogP contribution in [0.2, 0.25) is 0 Å². The molecule has 1 fully saturated rings. The van der Waals surface area contributed by atoms with E-state index in [1.54, 1.807) is 12.1 Å². The molecule has 4 rings (SSSR count). The number of carbonyl (C=O) groups is 8. The zero-order valence-corrected chi connectivity index (χ0v) is 35.5. The van der Waals surface area contributed by atoms with Gasteiger partial charge in [-0.3, -0.25) is 44.1 Å². The summed E-state index contributed by atoms with van der Waals surface area (Å²) in [6, 6.07) is 0.229. The lowest BCUT2D eigenvalue weighted by atomic mass is 10.1. The number of nitrogens with one attached hydrogen (secondary N) is 8. The molecule has 0 radical (unpaired) electrons. The smallest absolute Gasteiger partial charge is 0.326 e. The molecule has 2 unspecified atom stereocenters. The Morgan fingerprint density at radius 1 is 0.841 bits per heavy atom. The molecule has 1 aromatic carbocycles. The number of anilines is 1. The van der Waals surface area contributed by atoms with Crippen LogP contribution in [-0.2, 0) is 33.6 Å². The lowest BCUT2D eigenvalue weighted by Crippen LogP contribution is -2.56. The van der Waals surface area contributed by atoms with Gasteiger partial charge in [0, 0.05) is 36.2 Å². The van der Waals surface area contributed by atoms with E-state index in [1.807, 2.05) is 0 Å². The molecular formula is C39H57N13O10S. The zero-order chi connectivity index (χ0) is 45.9. The van der Waals surface area contributed by atoms with Gasteiger partial charge in [0.1, 0.15) is 24.2 Å². The Balaban J connectivity index is 1.16. The Labute approximate surface area is 368 Å². The van der Waals surface area contributed by atoms with E-state index in [0.29, 0.717) is 56.6 Å². The Bertz CT molecular complexity index is 1910. The number of carboxylic acid groups (broad SMARTS) is 2. The quantitative estimate of drug-likeness (QED) is 0.0334. The van der Waals surface area contributed by atoms with Crippen LogP contribution in [-0.4, -0.2) is 150 Å². The Morgan fingerprint density at radius 2 is 1.54 bits per heavy atom. The van der Waals surface area contributed by atoms with E-state index in [4.69, 9.17) is 11.5 Å². The van der Waals surface area contributed by atoms with Gasteiger partial charge in [0.05, 0.1) is 18.3 Å². The minimum atomic E-state index is -1.46. The van der Waals surface area contributed by atoms with Crippen LogP contribution in [0.25, 0.3) is 0 Å². The van der Waals surface area contributed by atoms with E-state index >= 15 is 0 Å². The number of thiol groups is 1. The van der Waals surface area contributed by atoms with Gasteiger partial charge in [-0.25, -0.2) is 14.6 Å². The monoisotopic (exact) mass is 899 g/mol. The molecule has 7 atom stereocenters. The van der Waals surface area contributed by atoms with Crippen LogP contribution in [0, 0.1) is 0 Å². The molecule has 14 N–H and O–H groups in total. The van der Waals surface area contributed by atoms with Gasteiger partial charge < -0.3 is 58.9 Å². The Kier molecular flexibility index (Phi) is 19.7. The summed E-state index contributed by atoms with van der Waals surface area (Å²) >= 11 is 4.21. The summed E-state index contributed by atoms with van der Waals surface area (Å²) in [6.45, 7) is 1.47. The predicted octanol–water partition coefficient (Wildman–Crippen LogP) is -2.64. The Morgan fingerprint density at radius 3 is 2.21 bits per heavy atom. The minimum absolute atomic E-state index is 0.00186. The lowest BCUT2D eigenvalue weighted by molar-refractivity contribution is -0.142. The molecule has 63 heavy (non-hydrogen) atoms. The summed E-state index contributed by atoms with van der Waals surface area (Å²) in [5, 5.41) is 40.9. The van der Waals surface area contributed by atoms with E-state index in [0.717, 1.165) is 6.42 Å². The van der Waals surface area contributed by atoms with E-state index in [1.165, 1.54) is 18.3 Å². The summed E-state index contributed by atoms with van der Waals surface area (Å²) in [4.78, 5) is 113. The van der Waals surface area contributed by atoms with Gasteiger partial charge in [-0.05, 0) is 95.1 Å². The highest BCUT2D eigenvalue weighted by atomic mass is 32.1. The number of guanidine groups is 1. The number of hydrogen-bond donors (Lipinski definition) is 13. The molecule has 0 aliphatic carbocycles. The molecule has 0 spiro atoms. The van der Waals surface area contributed by atoms with E-state index in [9.17, 15) is 48.6 Å². The Hall–Kier alpha value is -6.14. The van der Waals surface area contributed by atoms with Gasteiger partial charge in [0.15, 0.2) is 18.2 Å². The first-order valence-corrected chi connectivity index (χ1v) is 21.4. The maximum absolute atomic E-state index is 13.1. The fraction of sp³-hybridized carbons (Fsp3) is 0.564. The van der Waals surface area contributed by atoms with Gasteiger partial charge in [-0.15, -0.1) is 0 Å².